The Morgan fingerprint density at radius 3 is 2.52 bits per heavy atom. The Labute approximate surface area is 130 Å². The quantitative estimate of drug-likeness (QED) is 0.856. The third kappa shape index (κ3) is 4.06. The summed E-state index contributed by atoms with van der Waals surface area (Å²) in [5.74, 6) is 0.313. The van der Waals surface area contributed by atoms with Crippen molar-refractivity contribution in [2.45, 2.75) is 33.4 Å². The van der Waals surface area contributed by atoms with Crippen LogP contribution in [0.4, 0.5) is 0 Å². The van der Waals surface area contributed by atoms with Crippen LogP contribution in [0, 0.1) is 13.8 Å². The highest BCUT2D eigenvalue weighted by atomic mass is 32.1. The van der Waals surface area contributed by atoms with Crippen LogP contribution >= 0.6 is 11.3 Å². The molecule has 1 aromatic heterocycles. The molecule has 1 atom stereocenters. The van der Waals surface area contributed by atoms with Gasteiger partial charge in [-0.15, -0.1) is 11.3 Å². The van der Waals surface area contributed by atoms with E-state index in [2.05, 4.69) is 31.7 Å². The molecule has 0 aliphatic heterocycles. The van der Waals surface area contributed by atoms with Crippen molar-refractivity contribution in [3.05, 3.63) is 51.2 Å². The van der Waals surface area contributed by atoms with Crippen LogP contribution < -0.4 is 0 Å². The molecule has 1 aromatic carbocycles. The molecular weight excluding hydrogens is 282 g/mol. The highest BCUT2D eigenvalue weighted by molar-refractivity contribution is 7.12. The number of thiophene rings is 1. The van der Waals surface area contributed by atoms with Crippen LogP contribution in [-0.2, 0) is 6.54 Å². The summed E-state index contributed by atoms with van der Waals surface area (Å²) in [5.41, 5.74) is 1.91. The Morgan fingerprint density at radius 2 is 1.95 bits per heavy atom. The zero-order valence-electron chi connectivity index (χ0n) is 12.8. The van der Waals surface area contributed by atoms with E-state index in [9.17, 15) is 10.2 Å². The van der Waals surface area contributed by atoms with Crippen LogP contribution in [0.15, 0.2) is 30.3 Å². The number of phenols is 1. The second kappa shape index (κ2) is 7.07. The van der Waals surface area contributed by atoms with Crippen molar-refractivity contribution in [3.8, 4) is 5.75 Å². The summed E-state index contributed by atoms with van der Waals surface area (Å²) in [7, 11) is 0. The van der Waals surface area contributed by atoms with Crippen molar-refractivity contribution < 1.29 is 10.2 Å². The molecule has 0 saturated heterocycles. The predicted molar refractivity (Wildman–Crippen MR) is 87.8 cm³/mol. The summed E-state index contributed by atoms with van der Waals surface area (Å²) in [5, 5.41) is 20.3. The summed E-state index contributed by atoms with van der Waals surface area (Å²) in [6, 6.07) is 9.43. The number of hydrogen-bond donors (Lipinski definition) is 2. The highest BCUT2D eigenvalue weighted by Gasteiger charge is 2.17. The van der Waals surface area contributed by atoms with Gasteiger partial charge in [0.2, 0.25) is 0 Å². The fourth-order valence-electron chi connectivity index (χ4n) is 2.52. The monoisotopic (exact) mass is 305 g/mol. The lowest BCUT2D eigenvalue weighted by Crippen LogP contribution is -2.28. The summed E-state index contributed by atoms with van der Waals surface area (Å²) >= 11 is 1.72. The van der Waals surface area contributed by atoms with Crippen molar-refractivity contribution in [1.82, 2.24) is 4.90 Å². The molecule has 114 valence electrons. The number of aromatic hydroxyl groups is 1. The Balaban J connectivity index is 2.05. The second-order valence-electron chi connectivity index (χ2n) is 5.34. The van der Waals surface area contributed by atoms with Crippen LogP contribution in [-0.4, -0.2) is 28.2 Å². The number of aryl methyl sites for hydroxylation is 2. The maximum Gasteiger partial charge on any atom is 0.120 e. The summed E-state index contributed by atoms with van der Waals surface area (Å²) < 4.78 is 0. The van der Waals surface area contributed by atoms with Gasteiger partial charge in [-0.3, -0.25) is 4.90 Å². The summed E-state index contributed by atoms with van der Waals surface area (Å²) in [6.45, 7) is 8.22. The van der Waals surface area contributed by atoms with Crippen molar-refractivity contribution in [2.75, 3.05) is 13.1 Å². The van der Waals surface area contributed by atoms with E-state index in [0.29, 0.717) is 18.8 Å². The number of nitrogens with zero attached hydrogens (tertiary/aromatic N) is 1. The average Bonchev–Trinajstić information content (AvgIpc) is 2.79. The highest BCUT2D eigenvalue weighted by Crippen LogP contribution is 2.27. The third-order valence-electron chi connectivity index (χ3n) is 3.70. The molecule has 0 fully saturated rings. The van der Waals surface area contributed by atoms with Crippen molar-refractivity contribution in [2.24, 2.45) is 0 Å². The molecule has 21 heavy (non-hydrogen) atoms. The van der Waals surface area contributed by atoms with E-state index >= 15 is 0 Å². The second-order valence-corrected chi connectivity index (χ2v) is 6.80. The molecule has 0 spiro atoms. The fraction of sp³-hybridized carbons (Fsp3) is 0.412. The average molecular weight is 305 g/mol. The van der Waals surface area contributed by atoms with E-state index in [1.807, 2.05) is 18.2 Å². The first-order valence-corrected chi connectivity index (χ1v) is 8.07. The predicted octanol–water partition coefficient (Wildman–Crippen LogP) is 3.63. The van der Waals surface area contributed by atoms with E-state index in [0.717, 1.165) is 17.7 Å². The number of benzene rings is 1. The van der Waals surface area contributed by atoms with Crippen LogP contribution in [0.2, 0.25) is 0 Å². The van der Waals surface area contributed by atoms with E-state index in [4.69, 9.17) is 0 Å². The smallest absolute Gasteiger partial charge is 0.120 e. The lowest BCUT2D eigenvalue weighted by atomic mass is 10.1. The van der Waals surface area contributed by atoms with Gasteiger partial charge in [-0.25, -0.2) is 0 Å². The normalized spacial score (nSPS) is 12.8. The van der Waals surface area contributed by atoms with E-state index < -0.39 is 6.10 Å². The minimum Gasteiger partial charge on any atom is -0.508 e. The molecule has 0 amide bonds. The number of aliphatic hydroxyl groups excluding tert-OH is 1. The Hall–Kier alpha value is -1.36. The molecule has 2 rings (SSSR count). The lowest BCUT2D eigenvalue weighted by molar-refractivity contribution is 0.111. The Kier molecular flexibility index (Phi) is 5.39. The molecule has 0 saturated carbocycles. The molecule has 1 heterocycles. The van der Waals surface area contributed by atoms with Gasteiger partial charge in [0.25, 0.3) is 0 Å². The van der Waals surface area contributed by atoms with E-state index in [-0.39, 0.29) is 0 Å². The third-order valence-corrected chi connectivity index (χ3v) is 4.68. The number of phenolic OH excluding ortho intramolecular Hbond substituents is 1. The molecule has 3 nitrogen and oxygen atoms in total. The number of aliphatic hydroxyl groups is 1. The van der Waals surface area contributed by atoms with Crippen LogP contribution in [0.1, 0.15) is 33.9 Å². The molecule has 0 aliphatic rings. The first-order chi connectivity index (χ1) is 10.0. The van der Waals surface area contributed by atoms with Gasteiger partial charge in [-0.05, 0) is 38.1 Å². The zero-order valence-corrected chi connectivity index (χ0v) is 13.7. The Morgan fingerprint density at radius 1 is 1.24 bits per heavy atom. The number of para-hydroxylation sites is 1. The van der Waals surface area contributed by atoms with Crippen LogP contribution in [0.5, 0.6) is 5.75 Å². The van der Waals surface area contributed by atoms with Gasteiger partial charge < -0.3 is 10.2 Å². The largest absolute Gasteiger partial charge is 0.508 e. The number of rotatable bonds is 6. The summed E-state index contributed by atoms with van der Waals surface area (Å²) in [6.07, 6.45) is -0.485. The van der Waals surface area contributed by atoms with E-state index in [1.54, 1.807) is 17.4 Å². The number of likely N-dealkylation sites (N-methyl/N-ethyl adjacent to an activating group) is 1. The molecule has 0 bridgehead atoms. The van der Waals surface area contributed by atoms with Crippen molar-refractivity contribution in [3.63, 3.8) is 0 Å². The minimum absolute atomic E-state index is 0.313. The molecular formula is C17H23NO2S. The fourth-order valence-corrected chi connectivity index (χ4v) is 3.50. The number of hydrogen-bond acceptors (Lipinski definition) is 4. The van der Waals surface area contributed by atoms with Gasteiger partial charge in [0.15, 0.2) is 0 Å². The van der Waals surface area contributed by atoms with Gasteiger partial charge in [0.05, 0.1) is 6.10 Å². The lowest BCUT2D eigenvalue weighted by Gasteiger charge is -2.24. The van der Waals surface area contributed by atoms with Crippen molar-refractivity contribution >= 4 is 11.3 Å². The van der Waals surface area contributed by atoms with Gasteiger partial charge in [-0.2, -0.15) is 0 Å². The SMILES string of the molecule is CCN(Cc1ccccc1O)CC(O)c1cc(C)sc1C. The molecule has 2 N–H and O–H groups in total. The first-order valence-electron chi connectivity index (χ1n) is 7.25. The molecule has 4 heteroatoms. The first kappa shape index (κ1) is 16.0. The Bertz CT molecular complexity index is 594. The maximum absolute atomic E-state index is 10.5. The molecule has 0 radical (unpaired) electrons. The van der Waals surface area contributed by atoms with Crippen LogP contribution in [0.3, 0.4) is 0 Å². The van der Waals surface area contributed by atoms with Gasteiger partial charge in [-0.1, -0.05) is 25.1 Å². The van der Waals surface area contributed by atoms with Gasteiger partial charge >= 0.3 is 0 Å². The van der Waals surface area contributed by atoms with Crippen LogP contribution in [0.25, 0.3) is 0 Å². The van der Waals surface area contributed by atoms with E-state index in [1.165, 1.54) is 9.75 Å². The molecule has 2 aromatic rings. The van der Waals surface area contributed by atoms with Gasteiger partial charge in [0, 0.05) is 28.4 Å². The minimum atomic E-state index is -0.485. The standard InChI is InChI=1S/C17H23NO2S/c1-4-18(10-14-7-5-6-8-16(14)19)11-17(20)15-9-12(2)21-13(15)3/h5-9,17,19-20H,4,10-11H2,1-3H3. The molecule has 1 unspecified atom stereocenters. The van der Waals surface area contributed by atoms with Crippen molar-refractivity contribution in [1.29, 1.82) is 0 Å². The zero-order chi connectivity index (χ0) is 15.4. The maximum atomic E-state index is 10.5. The molecule has 0 aliphatic carbocycles. The topological polar surface area (TPSA) is 43.7 Å². The summed E-state index contributed by atoms with van der Waals surface area (Å²) in [4.78, 5) is 4.55. The van der Waals surface area contributed by atoms with Gasteiger partial charge in [0.1, 0.15) is 5.75 Å².